The predicted octanol–water partition coefficient (Wildman–Crippen LogP) is 11.6. The van der Waals surface area contributed by atoms with Gasteiger partial charge in [-0.1, -0.05) is 105 Å². The van der Waals surface area contributed by atoms with E-state index in [-0.39, 0.29) is 21.8 Å². The number of rotatable bonds is 1. The summed E-state index contributed by atoms with van der Waals surface area (Å²) in [6.07, 6.45) is 0. The maximum Gasteiger partial charge on any atom is 0.335 e. The van der Waals surface area contributed by atoms with E-state index < -0.39 is 5.97 Å². The molecule has 10 nitrogen and oxygen atoms in total. The molecule has 5 aromatic carbocycles. The molecule has 0 radical (unpaired) electrons. The molecule has 2 aliphatic rings. The van der Waals surface area contributed by atoms with Crippen molar-refractivity contribution in [2.24, 2.45) is 0 Å². The minimum absolute atomic E-state index is 0.100. The topological polar surface area (TPSA) is 146 Å². The Kier molecular flexibility index (Phi) is 7.64. The van der Waals surface area contributed by atoms with E-state index in [2.05, 4.69) is 127 Å². The zero-order valence-corrected chi connectivity index (χ0v) is 34.6. The third-order valence-corrected chi connectivity index (χ3v) is 11.6. The summed E-state index contributed by atoms with van der Waals surface area (Å²) in [6.45, 7) is 19.8. The Bertz CT molecular complexity index is 3320. The number of nitrogens with one attached hydrogen (secondary N) is 2. The van der Waals surface area contributed by atoms with Gasteiger partial charge in [-0.05, 0) is 86.2 Å². The van der Waals surface area contributed by atoms with E-state index in [4.69, 9.17) is 29.9 Å². The molecule has 0 saturated heterocycles. The van der Waals surface area contributed by atoms with Gasteiger partial charge in [-0.3, -0.25) is 0 Å². The number of H-pyrrole nitrogens is 2. The standard InChI is InChI=1S/C49H44N8O2/c1-47(2,3)27-12-15-30-35(21-27)43-51-38(30)50-42-34-20-26-18-25(46(58)59)11-10-24(26)19-33(34)41(56-42)57-45-37-23-29(49(7,8)9)14-17-32(37)40(55-45)54-44-36-22-28(48(4,5)6)13-16-31(36)39(52-43)53-44/h10-23H,1-9H3,(H,58,59)(H2,50,51,52,53,54,55,56,57). The maximum atomic E-state index is 12.0. The van der Waals surface area contributed by atoms with Gasteiger partial charge in [0.2, 0.25) is 0 Å². The van der Waals surface area contributed by atoms with Crippen LogP contribution in [0.25, 0.3) is 100 Å². The average molecular weight is 777 g/mol. The number of carboxylic acid groups (broad SMARTS) is 1. The fraction of sp³-hybridized carbons (Fsp3) is 0.245. The lowest BCUT2D eigenvalue weighted by molar-refractivity contribution is 0.0697. The number of aromatic nitrogens is 8. The van der Waals surface area contributed by atoms with Crippen molar-refractivity contribution in [3.63, 3.8) is 0 Å². The van der Waals surface area contributed by atoms with Gasteiger partial charge in [0.05, 0.1) is 5.56 Å². The van der Waals surface area contributed by atoms with Gasteiger partial charge in [0.25, 0.3) is 0 Å². The van der Waals surface area contributed by atoms with Crippen molar-refractivity contribution < 1.29 is 9.90 Å². The largest absolute Gasteiger partial charge is 0.478 e. The van der Waals surface area contributed by atoms with Gasteiger partial charge in [-0.25, -0.2) is 34.7 Å². The first-order valence-electron chi connectivity index (χ1n) is 20.0. The van der Waals surface area contributed by atoms with Gasteiger partial charge in [0.1, 0.15) is 22.6 Å². The molecule has 5 heterocycles. The summed E-state index contributed by atoms with van der Waals surface area (Å²) in [5.74, 6) is 1.06. The quantitative estimate of drug-likeness (QED) is 0.149. The van der Waals surface area contributed by atoms with Crippen molar-refractivity contribution in [2.45, 2.75) is 78.6 Å². The van der Waals surface area contributed by atoms with Crippen LogP contribution < -0.4 is 0 Å². The highest BCUT2D eigenvalue weighted by molar-refractivity contribution is 6.07. The number of aromatic carboxylic acids is 1. The minimum atomic E-state index is -0.988. The Morgan fingerprint density at radius 3 is 1.31 bits per heavy atom. The molecule has 3 aromatic heterocycles. The number of carbonyl (C=O) groups is 1. The second kappa shape index (κ2) is 12.3. The van der Waals surface area contributed by atoms with E-state index in [9.17, 15) is 9.90 Å². The lowest BCUT2D eigenvalue weighted by Crippen LogP contribution is -2.10. The molecule has 10 heteroatoms. The van der Waals surface area contributed by atoms with Crippen molar-refractivity contribution in [2.75, 3.05) is 0 Å². The molecule has 10 rings (SSSR count). The monoisotopic (exact) mass is 776 g/mol. The number of aromatic amines is 2. The fourth-order valence-electron chi connectivity index (χ4n) is 8.07. The molecule has 0 fully saturated rings. The zero-order chi connectivity index (χ0) is 41.3. The Morgan fingerprint density at radius 2 is 0.831 bits per heavy atom. The summed E-state index contributed by atoms with van der Waals surface area (Å²) in [5.41, 5.74) is 9.17. The normalized spacial score (nSPS) is 13.0. The molecular weight excluding hydrogens is 733 g/mol. The number of nitrogens with zero attached hydrogens (tertiary/aromatic N) is 6. The summed E-state index contributed by atoms with van der Waals surface area (Å²) < 4.78 is 0. The van der Waals surface area contributed by atoms with Crippen LogP contribution in [0.4, 0.5) is 0 Å². The van der Waals surface area contributed by atoms with Crippen LogP contribution in [0.15, 0.2) is 84.9 Å². The lowest BCUT2D eigenvalue weighted by atomic mass is 9.85. The number of fused-ring (bicyclic) bond motifs is 21. The van der Waals surface area contributed by atoms with Crippen molar-refractivity contribution in [1.29, 1.82) is 0 Å². The summed E-state index contributed by atoms with van der Waals surface area (Å²) in [4.78, 5) is 50.5. The second-order valence-corrected chi connectivity index (χ2v) is 18.9. The van der Waals surface area contributed by atoms with E-state index in [0.29, 0.717) is 45.9 Å². The molecule has 0 spiro atoms. The third-order valence-electron chi connectivity index (χ3n) is 11.6. The average Bonchev–Trinajstić information content (AvgIpc) is 3.90. The van der Waals surface area contributed by atoms with Crippen molar-refractivity contribution >= 4 is 60.9 Å². The smallest absolute Gasteiger partial charge is 0.335 e. The molecule has 292 valence electrons. The fourth-order valence-corrected chi connectivity index (χ4v) is 8.07. The molecule has 0 unspecified atom stereocenters. The van der Waals surface area contributed by atoms with Crippen LogP contribution in [-0.4, -0.2) is 50.9 Å². The van der Waals surface area contributed by atoms with Crippen molar-refractivity contribution in [3.8, 4) is 45.6 Å². The number of carboxylic acids is 1. The Morgan fingerprint density at radius 1 is 0.424 bits per heavy atom. The number of hydrogen-bond acceptors (Lipinski definition) is 7. The molecule has 0 amide bonds. The SMILES string of the molecule is CC(C)(C)c1ccc2c(c1)-c1nc-2nc2[nH]c(nc3nc(nc4[nH]c(n1)c1ccc(C(C)(C)C)cc41)-c1cc4ccc(C(=O)O)cc4cc1-3)c1ccc(C(C)(C)C)cc21. The minimum Gasteiger partial charge on any atom is -0.478 e. The molecule has 3 N–H and O–H groups in total. The molecule has 8 aromatic rings. The van der Waals surface area contributed by atoms with E-state index in [1.165, 1.54) is 5.56 Å². The number of benzene rings is 5. The molecule has 59 heavy (non-hydrogen) atoms. The first-order valence-corrected chi connectivity index (χ1v) is 20.0. The van der Waals surface area contributed by atoms with Crippen molar-refractivity contribution in [1.82, 2.24) is 39.9 Å². The molecule has 0 aliphatic carbocycles. The van der Waals surface area contributed by atoms with Crippen LogP contribution in [-0.2, 0) is 16.2 Å². The van der Waals surface area contributed by atoms with Gasteiger partial charge >= 0.3 is 5.97 Å². The van der Waals surface area contributed by atoms with Crippen LogP contribution in [0.2, 0.25) is 0 Å². The Hall–Kier alpha value is -6.81. The molecule has 0 saturated carbocycles. The van der Waals surface area contributed by atoms with Crippen molar-refractivity contribution in [3.05, 3.63) is 107 Å². The number of hydrogen-bond donors (Lipinski definition) is 3. The summed E-state index contributed by atoms with van der Waals surface area (Å²) >= 11 is 0. The zero-order valence-electron chi connectivity index (χ0n) is 34.6. The Balaban J connectivity index is 1.38. The second-order valence-electron chi connectivity index (χ2n) is 18.9. The lowest BCUT2D eigenvalue weighted by Gasteiger charge is -2.19. The highest BCUT2D eigenvalue weighted by Gasteiger charge is 2.26. The van der Waals surface area contributed by atoms with E-state index >= 15 is 0 Å². The van der Waals surface area contributed by atoms with Gasteiger partial charge in [0, 0.05) is 43.8 Å². The van der Waals surface area contributed by atoms with Gasteiger partial charge in [0.15, 0.2) is 23.3 Å². The third kappa shape index (κ3) is 6.04. The summed E-state index contributed by atoms with van der Waals surface area (Å²) in [5, 5.41) is 15.1. The van der Waals surface area contributed by atoms with Crippen LogP contribution in [0.1, 0.15) is 89.4 Å². The summed E-state index contributed by atoms with van der Waals surface area (Å²) in [6, 6.07) is 28.4. The van der Waals surface area contributed by atoms with Crippen LogP contribution in [0, 0.1) is 0 Å². The first kappa shape index (κ1) is 36.5. The summed E-state index contributed by atoms with van der Waals surface area (Å²) in [7, 11) is 0. The molecule has 0 atom stereocenters. The van der Waals surface area contributed by atoms with E-state index in [1.807, 2.05) is 18.2 Å². The highest BCUT2D eigenvalue weighted by atomic mass is 16.4. The molecule has 8 bridgehead atoms. The van der Waals surface area contributed by atoms with Gasteiger partial charge in [-0.15, -0.1) is 0 Å². The molecule has 2 aliphatic heterocycles. The van der Waals surface area contributed by atoms with Gasteiger partial charge < -0.3 is 15.1 Å². The van der Waals surface area contributed by atoms with Crippen LogP contribution in [0.5, 0.6) is 0 Å². The van der Waals surface area contributed by atoms with E-state index in [1.54, 1.807) is 12.1 Å². The maximum absolute atomic E-state index is 12.0. The van der Waals surface area contributed by atoms with Crippen LogP contribution in [0.3, 0.4) is 0 Å². The first-order chi connectivity index (χ1) is 27.9. The van der Waals surface area contributed by atoms with Gasteiger partial charge in [-0.2, -0.15) is 0 Å². The predicted molar refractivity (Wildman–Crippen MR) is 237 cm³/mol. The molecular formula is C49H44N8O2. The van der Waals surface area contributed by atoms with E-state index in [0.717, 1.165) is 65.7 Å². The highest BCUT2D eigenvalue weighted by Crippen LogP contribution is 2.41. The Labute approximate surface area is 340 Å². The van der Waals surface area contributed by atoms with Crippen LogP contribution >= 0.6 is 0 Å².